The van der Waals surface area contributed by atoms with Crippen LogP contribution in [0.1, 0.15) is 40.3 Å². The number of nitrogens with two attached hydrogens (primary N) is 1. The maximum atomic E-state index is 13.0. The van der Waals surface area contributed by atoms with Gasteiger partial charge in [-0.3, -0.25) is 14.2 Å². The Balaban J connectivity index is 1.68. The molecule has 0 spiro atoms. The Morgan fingerprint density at radius 3 is 2.69 bits per heavy atom. The maximum absolute atomic E-state index is 13.0. The first-order chi connectivity index (χ1) is 13.9. The number of anilines is 2. The zero-order valence-corrected chi connectivity index (χ0v) is 16.8. The van der Waals surface area contributed by atoms with Crippen LogP contribution in [0.2, 0.25) is 0 Å². The lowest BCUT2D eigenvalue weighted by molar-refractivity contribution is 0.103. The third kappa shape index (κ3) is 3.73. The van der Waals surface area contributed by atoms with Crippen molar-refractivity contribution >= 4 is 44.9 Å². The summed E-state index contributed by atoms with van der Waals surface area (Å²) in [5.74, 6) is 0.486. The lowest BCUT2D eigenvalue weighted by Crippen LogP contribution is -2.24. The third-order valence-corrected chi connectivity index (χ3v) is 6.19. The van der Waals surface area contributed by atoms with E-state index in [4.69, 9.17) is 10.7 Å². The predicted molar refractivity (Wildman–Crippen MR) is 114 cm³/mol. The highest BCUT2D eigenvalue weighted by molar-refractivity contribution is 7.20. The molecule has 3 aromatic rings. The van der Waals surface area contributed by atoms with Crippen molar-refractivity contribution in [1.82, 2.24) is 9.55 Å². The van der Waals surface area contributed by atoms with Crippen LogP contribution in [0.15, 0.2) is 29.1 Å². The van der Waals surface area contributed by atoms with Crippen LogP contribution >= 0.6 is 11.3 Å². The molecule has 1 aliphatic heterocycles. The van der Waals surface area contributed by atoms with Gasteiger partial charge >= 0.3 is 6.03 Å². The Hall–Kier alpha value is -3.20. The summed E-state index contributed by atoms with van der Waals surface area (Å²) in [6.07, 6.45) is 3.85. The minimum Gasteiger partial charge on any atom is -0.351 e. The van der Waals surface area contributed by atoms with Crippen molar-refractivity contribution in [3.63, 3.8) is 0 Å². The van der Waals surface area contributed by atoms with E-state index >= 15 is 0 Å². The van der Waals surface area contributed by atoms with Crippen molar-refractivity contribution in [1.29, 1.82) is 0 Å². The van der Waals surface area contributed by atoms with E-state index in [-0.39, 0.29) is 11.5 Å². The molecule has 4 rings (SSSR count). The second-order valence-electron chi connectivity index (χ2n) is 7.06. The van der Waals surface area contributed by atoms with Gasteiger partial charge in [0.05, 0.1) is 10.3 Å². The molecular weight excluding hydrogens is 390 g/mol. The summed E-state index contributed by atoms with van der Waals surface area (Å²) >= 11 is 1.23. The second-order valence-corrected chi connectivity index (χ2v) is 8.06. The molecule has 150 valence electrons. The molecule has 29 heavy (non-hydrogen) atoms. The van der Waals surface area contributed by atoms with Crippen molar-refractivity contribution in [3.05, 3.63) is 50.9 Å². The summed E-state index contributed by atoms with van der Waals surface area (Å²) in [6, 6.07) is 6.01. The third-order valence-electron chi connectivity index (χ3n) is 5.01. The highest BCUT2D eigenvalue weighted by atomic mass is 32.1. The van der Waals surface area contributed by atoms with Gasteiger partial charge in [0.1, 0.15) is 10.7 Å². The first-order valence-electron chi connectivity index (χ1n) is 9.44. The molecule has 2 aromatic heterocycles. The topological polar surface area (TPSA) is 119 Å². The van der Waals surface area contributed by atoms with Gasteiger partial charge < -0.3 is 16.4 Å². The standard InChI is InChI=1S/C20H21N5O3S/c1-11-15-18(24-14-8-3-2-4-9-25(14)19(15)27)29-16(11)17(26)22-12-6-5-7-13(10-12)23-20(21)28/h5-7,10H,2-4,8-9H2,1H3,(H,22,26)(H3,21,23,28). The number of thiophene rings is 1. The number of aromatic nitrogens is 2. The van der Waals surface area contributed by atoms with Crippen LogP contribution in [-0.2, 0) is 13.0 Å². The summed E-state index contributed by atoms with van der Waals surface area (Å²) < 4.78 is 1.76. The summed E-state index contributed by atoms with van der Waals surface area (Å²) in [5, 5.41) is 5.81. The Labute approximate surface area is 170 Å². The molecule has 8 nitrogen and oxygen atoms in total. The second kappa shape index (κ2) is 7.67. The van der Waals surface area contributed by atoms with Gasteiger partial charge in [-0.25, -0.2) is 9.78 Å². The van der Waals surface area contributed by atoms with Gasteiger partial charge in [0, 0.05) is 24.3 Å². The number of benzene rings is 1. The van der Waals surface area contributed by atoms with Gasteiger partial charge in [-0.2, -0.15) is 0 Å². The highest BCUT2D eigenvalue weighted by Crippen LogP contribution is 2.29. The minimum atomic E-state index is -0.680. The fourth-order valence-electron chi connectivity index (χ4n) is 3.63. The molecule has 3 heterocycles. The Morgan fingerprint density at radius 2 is 1.93 bits per heavy atom. The molecule has 0 saturated carbocycles. The molecule has 1 aliphatic rings. The van der Waals surface area contributed by atoms with Gasteiger partial charge in [-0.1, -0.05) is 12.5 Å². The van der Waals surface area contributed by atoms with E-state index in [0.29, 0.717) is 38.6 Å². The number of rotatable bonds is 3. The molecule has 4 N–H and O–H groups in total. The molecule has 0 bridgehead atoms. The Morgan fingerprint density at radius 1 is 1.17 bits per heavy atom. The van der Waals surface area contributed by atoms with Crippen molar-refractivity contribution in [2.24, 2.45) is 5.73 Å². The fourth-order valence-corrected chi connectivity index (χ4v) is 4.72. The molecule has 0 saturated heterocycles. The van der Waals surface area contributed by atoms with E-state index in [1.807, 2.05) is 0 Å². The molecule has 0 radical (unpaired) electrons. The van der Waals surface area contributed by atoms with Crippen LogP contribution in [0.5, 0.6) is 0 Å². The molecular formula is C20H21N5O3S. The highest BCUT2D eigenvalue weighted by Gasteiger charge is 2.22. The molecule has 0 atom stereocenters. The summed E-state index contributed by atoms with van der Waals surface area (Å²) in [6.45, 7) is 2.46. The molecule has 9 heteroatoms. The molecule has 1 aromatic carbocycles. The number of amides is 3. The van der Waals surface area contributed by atoms with Crippen molar-refractivity contribution < 1.29 is 9.59 Å². The van der Waals surface area contributed by atoms with E-state index in [1.54, 1.807) is 35.8 Å². The van der Waals surface area contributed by atoms with Crippen LogP contribution in [0.25, 0.3) is 10.2 Å². The summed E-state index contributed by atoms with van der Waals surface area (Å²) in [5.41, 5.74) is 6.70. The van der Waals surface area contributed by atoms with E-state index in [2.05, 4.69) is 10.6 Å². The number of carbonyl (C=O) groups excluding carboxylic acids is 2. The van der Waals surface area contributed by atoms with Crippen LogP contribution in [0.4, 0.5) is 16.2 Å². The summed E-state index contributed by atoms with van der Waals surface area (Å²) in [4.78, 5) is 42.7. The number of urea groups is 1. The van der Waals surface area contributed by atoms with Gasteiger partial charge in [0.2, 0.25) is 0 Å². The molecule has 0 fully saturated rings. The fraction of sp³-hybridized carbons (Fsp3) is 0.300. The van der Waals surface area contributed by atoms with Crippen molar-refractivity contribution in [2.75, 3.05) is 10.6 Å². The van der Waals surface area contributed by atoms with Crippen molar-refractivity contribution in [3.8, 4) is 0 Å². The number of hydrogen-bond donors (Lipinski definition) is 3. The van der Waals surface area contributed by atoms with Gasteiger partial charge in [0.25, 0.3) is 11.5 Å². The molecule has 0 unspecified atom stereocenters. The van der Waals surface area contributed by atoms with Crippen molar-refractivity contribution in [2.45, 2.75) is 39.2 Å². The molecule has 3 amide bonds. The average molecular weight is 411 g/mol. The van der Waals surface area contributed by atoms with E-state index in [9.17, 15) is 14.4 Å². The van der Waals surface area contributed by atoms with Crippen LogP contribution in [-0.4, -0.2) is 21.5 Å². The van der Waals surface area contributed by atoms with E-state index in [1.165, 1.54) is 11.3 Å². The number of carbonyl (C=O) groups is 2. The number of nitrogens with zero attached hydrogens (tertiary/aromatic N) is 2. The lowest BCUT2D eigenvalue weighted by Gasteiger charge is -2.08. The van der Waals surface area contributed by atoms with Crippen LogP contribution in [0.3, 0.4) is 0 Å². The van der Waals surface area contributed by atoms with E-state index < -0.39 is 6.03 Å². The lowest BCUT2D eigenvalue weighted by atomic mass is 10.2. The molecule has 0 aliphatic carbocycles. The average Bonchev–Trinajstić information content (AvgIpc) is 2.84. The largest absolute Gasteiger partial charge is 0.351 e. The van der Waals surface area contributed by atoms with Gasteiger partial charge in [0.15, 0.2) is 0 Å². The van der Waals surface area contributed by atoms with E-state index in [0.717, 1.165) is 31.5 Å². The van der Waals surface area contributed by atoms with Gasteiger partial charge in [-0.05, 0) is 43.5 Å². The Kier molecular flexibility index (Phi) is 5.06. The van der Waals surface area contributed by atoms with Gasteiger partial charge in [-0.15, -0.1) is 11.3 Å². The number of aryl methyl sites for hydroxylation is 2. The first-order valence-corrected chi connectivity index (χ1v) is 10.3. The zero-order valence-electron chi connectivity index (χ0n) is 15.9. The monoisotopic (exact) mass is 411 g/mol. The number of fused-ring (bicyclic) bond motifs is 2. The number of nitrogens with one attached hydrogen (secondary N) is 2. The number of primary amides is 1. The Bertz CT molecular complexity index is 1180. The maximum Gasteiger partial charge on any atom is 0.316 e. The zero-order chi connectivity index (χ0) is 20.5. The predicted octanol–water partition coefficient (Wildman–Crippen LogP) is 3.24. The smallest absolute Gasteiger partial charge is 0.316 e. The quantitative estimate of drug-likeness (QED) is 0.613. The van der Waals surface area contributed by atoms with Crippen LogP contribution < -0.4 is 21.9 Å². The number of hydrogen-bond acceptors (Lipinski definition) is 5. The summed E-state index contributed by atoms with van der Waals surface area (Å²) in [7, 11) is 0. The normalized spacial score (nSPS) is 13.6. The SMILES string of the molecule is Cc1c(C(=O)Nc2cccc(NC(N)=O)c2)sc2nc3n(c(=O)c12)CCCCC3. The van der Waals surface area contributed by atoms with Crippen LogP contribution in [0, 0.1) is 6.92 Å². The minimum absolute atomic E-state index is 0.0626. The first kappa shape index (κ1) is 19.1.